The predicted molar refractivity (Wildman–Crippen MR) is 66.7 cm³/mol. The Morgan fingerprint density at radius 2 is 1.69 bits per heavy atom. The summed E-state index contributed by atoms with van der Waals surface area (Å²) in [7, 11) is 0. The zero-order valence-corrected chi connectivity index (χ0v) is 10.4. The average molecular weight is 219 g/mol. The second-order valence-electron chi connectivity index (χ2n) is 5.20. The lowest BCUT2D eigenvalue weighted by molar-refractivity contribution is 0.447. The van der Waals surface area contributed by atoms with Gasteiger partial charge in [-0.25, -0.2) is 0 Å². The summed E-state index contributed by atoms with van der Waals surface area (Å²) in [6, 6.07) is 1.85. The average Bonchev–Trinajstić information content (AvgIpc) is 2.62. The number of aromatic hydroxyl groups is 1. The number of aryl methyl sites for hydroxylation is 1. The summed E-state index contributed by atoms with van der Waals surface area (Å²) < 4.78 is 0. The summed E-state index contributed by atoms with van der Waals surface area (Å²) in [6.07, 6.45) is 4.57. The fourth-order valence-electron chi connectivity index (χ4n) is 3.08. The molecule has 1 aromatic carbocycles. The van der Waals surface area contributed by atoms with Crippen molar-refractivity contribution < 1.29 is 5.11 Å². The van der Waals surface area contributed by atoms with Crippen LogP contribution >= 0.6 is 0 Å². The molecule has 0 unspecified atom stereocenters. The van der Waals surface area contributed by atoms with Crippen molar-refractivity contribution in [1.82, 2.24) is 0 Å². The Kier molecular flexibility index (Phi) is 2.70. The Labute approximate surface area is 97.5 Å². The first-order valence-electron chi connectivity index (χ1n) is 6.05. The molecule has 0 atom stereocenters. The molecule has 16 heavy (non-hydrogen) atoms. The molecule has 2 heteroatoms. The van der Waals surface area contributed by atoms with Crippen LogP contribution in [-0.2, 0) is 5.54 Å². The number of rotatable bonds is 1. The molecule has 1 aliphatic rings. The summed E-state index contributed by atoms with van der Waals surface area (Å²) in [5, 5.41) is 9.79. The minimum Gasteiger partial charge on any atom is -0.508 e. The number of nitrogens with two attached hydrogens (primary N) is 1. The second-order valence-corrected chi connectivity index (χ2v) is 5.20. The van der Waals surface area contributed by atoms with E-state index in [-0.39, 0.29) is 5.54 Å². The monoisotopic (exact) mass is 219 g/mol. The van der Waals surface area contributed by atoms with Crippen molar-refractivity contribution in [2.45, 2.75) is 52.0 Å². The van der Waals surface area contributed by atoms with E-state index in [0.717, 1.165) is 24.0 Å². The second kappa shape index (κ2) is 3.77. The van der Waals surface area contributed by atoms with Gasteiger partial charge in [0.15, 0.2) is 0 Å². The van der Waals surface area contributed by atoms with E-state index in [0.29, 0.717) is 5.75 Å². The van der Waals surface area contributed by atoms with Crippen LogP contribution in [-0.4, -0.2) is 5.11 Å². The first kappa shape index (κ1) is 11.5. The minimum absolute atomic E-state index is 0.160. The molecule has 88 valence electrons. The molecule has 1 aromatic rings. The summed E-state index contributed by atoms with van der Waals surface area (Å²) in [6.45, 7) is 6.09. The maximum Gasteiger partial charge on any atom is 0.119 e. The largest absolute Gasteiger partial charge is 0.508 e. The van der Waals surface area contributed by atoms with Gasteiger partial charge in [-0.15, -0.1) is 0 Å². The van der Waals surface area contributed by atoms with E-state index in [4.69, 9.17) is 5.73 Å². The lowest BCUT2D eigenvalue weighted by Gasteiger charge is -2.29. The van der Waals surface area contributed by atoms with Crippen LogP contribution in [0.1, 0.15) is 47.9 Å². The summed E-state index contributed by atoms with van der Waals surface area (Å²) in [5.41, 5.74) is 10.9. The molecule has 0 aromatic heterocycles. The van der Waals surface area contributed by atoms with Crippen LogP contribution in [0.4, 0.5) is 0 Å². The highest BCUT2D eigenvalue weighted by atomic mass is 16.3. The van der Waals surface area contributed by atoms with E-state index >= 15 is 0 Å². The minimum atomic E-state index is -0.160. The Morgan fingerprint density at radius 1 is 1.12 bits per heavy atom. The van der Waals surface area contributed by atoms with E-state index < -0.39 is 0 Å². The number of phenols is 1. The third-order valence-corrected chi connectivity index (χ3v) is 4.06. The Balaban J connectivity index is 2.60. The quantitative estimate of drug-likeness (QED) is 0.762. The fourth-order valence-corrected chi connectivity index (χ4v) is 3.08. The van der Waals surface area contributed by atoms with Gasteiger partial charge in [-0.2, -0.15) is 0 Å². The van der Waals surface area contributed by atoms with Crippen molar-refractivity contribution in [2.24, 2.45) is 5.73 Å². The highest BCUT2D eigenvalue weighted by Crippen LogP contribution is 2.41. The van der Waals surface area contributed by atoms with Gasteiger partial charge >= 0.3 is 0 Å². The molecule has 0 amide bonds. The molecule has 1 saturated carbocycles. The maximum atomic E-state index is 9.79. The Hall–Kier alpha value is -1.02. The van der Waals surface area contributed by atoms with Gasteiger partial charge in [0.2, 0.25) is 0 Å². The van der Waals surface area contributed by atoms with Gasteiger partial charge in [0.25, 0.3) is 0 Å². The van der Waals surface area contributed by atoms with Crippen molar-refractivity contribution >= 4 is 0 Å². The van der Waals surface area contributed by atoms with Crippen LogP contribution in [0.3, 0.4) is 0 Å². The van der Waals surface area contributed by atoms with Gasteiger partial charge in [-0.05, 0) is 61.9 Å². The van der Waals surface area contributed by atoms with Crippen LogP contribution in [0.2, 0.25) is 0 Å². The van der Waals surface area contributed by atoms with Gasteiger partial charge in [0, 0.05) is 5.54 Å². The number of hydrogen-bond acceptors (Lipinski definition) is 2. The molecule has 0 bridgehead atoms. The van der Waals surface area contributed by atoms with E-state index in [2.05, 4.69) is 13.8 Å². The van der Waals surface area contributed by atoms with Gasteiger partial charge in [0.1, 0.15) is 5.75 Å². The normalized spacial score (nSPS) is 19.0. The van der Waals surface area contributed by atoms with Crippen LogP contribution < -0.4 is 5.73 Å². The summed E-state index contributed by atoms with van der Waals surface area (Å²) in [5.74, 6) is 0.389. The highest BCUT2D eigenvalue weighted by molar-refractivity contribution is 5.50. The molecule has 0 radical (unpaired) electrons. The molecule has 2 nitrogen and oxygen atoms in total. The Morgan fingerprint density at radius 3 is 2.25 bits per heavy atom. The van der Waals surface area contributed by atoms with Crippen LogP contribution in [0.25, 0.3) is 0 Å². The summed E-state index contributed by atoms with van der Waals surface area (Å²) >= 11 is 0. The molecule has 1 aliphatic carbocycles. The first-order valence-corrected chi connectivity index (χ1v) is 6.05. The van der Waals surface area contributed by atoms with E-state index in [1.165, 1.54) is 24.0 Å². The molecular weight excluding hydrogens is 198 g/mol. The molecule has 1 fully saturated rings. The standard InChI is InChI=1S/C14H21NO/c1-9-8-12(16)10(2)11(3)13(9)14(15)6-4-5-7-14/h8,16H,4-7,15H2,1-3H3. The number of benzene rings is 1. The van der Waals surface area contributed by atoms with E-state index in [1.807, 2.05) is 13.0 Å². The molecule has 0 aliphatic heterocycles. The topological polar surface area (TPSA) is 46.2 Å². The zero-order chi connectivity index (χ0) is 11.9. The third-order valence-electron chi connectivity index (χ3n) is 4.06. The molecule has 0 saturated heterocycles. The van der Waals surface area contributed by atoms with E-state index in [1.54, 1.807) is 0 Å². The first-order chi connectivity index (χ1) is 7.46. The molecule has 0 heterocycles. The van der Waals surface area contributed by atoms with Crippen molar-refractivity contribution in [2.75, 3.05) is 0 Å². The molecule has 3 N–H and O–H groups in total. The smallest absolute Gasteiger partial charge is 0.119 e. The molecular formula is C14H21NO. The van der Waals surface area contributed by atoms with Gasteiger partial charge in [-0.1, -0.05) is 12.8 Å². The van der Waals surface area contributed by atoms with Gasteiger partial charge in [0.05, 0.1) is 0 Å². The van der Waals surface area contributed by atoms with Crippen molar-refractivity contribution in [3.63, 3.8) is 0 Å². The number of phenolic OH excluding ortho intramolecular Hbond substituents is 1. The van der Waals surface area contributed by atoms with Crippen molar-refractivity contribution in [3.8, 4) is 5.75 Å². The predicted octanol–water partition coefficient (Wildman–Crippen LogP) is 3.05. The van der Waals surface area contributed by atoms with Crippen molar-refractivity contribution in [1.29, 1.82) is 0 Å². The van der Waals surface area contributed by atoms with Gasteiger partial charge < -0.3 is 10.8 Å². The van der Waals surface area contributed by atoms with Crippen molar-refractivity contribution in [3.05, 3.63) is 28.3 Å². The SMILES string of the molecule is Cc1cc(O)c(C)c(C)c1C1(N)CCCC1. The van der Waals surface area contributed by atoms with Crippen LogP contribution in [0, 0.1) is 20.8 Å². The lowest BCUT2D eigenvalue weighted by atomic mass is 9.81. The zero-order valence-electron chi connectivity index (χ0n) is 10.4. The maximum absolute atomic E-state index is 9.79. The third kappa shape index (κ3) is 1.61. The highest BCUT2D eigenvalue weighted by Gasteiger charge is 2.34. The number of hydrogen-bond donors (Lipinski definition) is 2. The van der Waals surface area contributed by atoms with Crippen LogP contribution in [0.15, 0.2) is 6.07 Å². The van der Waals surface area contributed by atoms with E-state index in [9.17, 15) is 5.11 Å². The lowest BCUT2D eigenvalue weighted by Crippen LogP contribution is -2.35. The van der Waals surface area contributed by atoms with Gasteiger partial charge in [-0.3, -0.25) is 0 Å². The molecule has 0 spiro atoms. The Bertz CT molecular complexity index is 417. The fraction of sp³-hybridized carbons (Fsp3) is 0.571. The van der Waals surface area contributed by atoms with Crippen LogP contribution in [0.5, 0.6) is 5.75 Å². The molecule has 2 rings (SSSR count). The summed E-state index contributed by atoms with van der Waals surface area (Å²) in [4.78, 5) is 0.